The normalized spacial score (nSPS) is 12.8. The van der Waals surface area contributed by atoms with Crippen molar-refractivity contribution in [3.63, 3.8) is 0 Å². The van der Waals surface area contributed by atoms with Gasteiger partial charge in [-0.2, -0.15) is 0 Å². The second-order valence-corrected chi connectivity index (χ2v) is 4.92. The molecule has 0 bridgehead atoms. The number of hydrogen-bond acceptors (Lipinski definition) is 3. The third-order valence-electron chi connectivity index (χ3n) is 2.07. The summed E-state index contributed by atoms with van der Waals surface area (Å²) < 4.78 is 5.09. The summed E-state index contributed by atoms with van der Waals surface area (Å²) in [7, 11) is 0. The van der Waals surface area contributed by atoms with Gasteiger partial charge in [-0.25, -0.2) is 4.79 Å². The van der Waals surface area contributed by atoms with Gasteiger partial charge in [0.1, 0.15) is 5.60 Å². The van der Waals surface area contributed by atoms with E-state index in [1.54, 1.807) is 39.1 Å². The van der Waals surface area contributed by atoms with E-state index in [1.807, 2.05) is 0 Å². The minimum absolute atomic E-state index is 0.209. The summed E-state index contributed by atoms with van der Waals surface area (Å²) in [5.41, 5.74) is 0.0105. The van der Waals surface area contributed by atoms with Gasteiger partial charge in [0.05, 0.1) is 12.5 Å². The molecule has 1 atom stereocenters. The van der Waals surface area contributed by atoms with Gasteiger partial charge in [0.2, 0.25) is 0 Å². The first-order chi connectivity index (χ1) is 8.28. The smallest absolute Gasteiger partial charge is 0.408 e. The molecule has 1 aromatic rings. The van der Waals surface area contributed by atoms with Crippen LogP contribution in [0.3, 0.4) is 0 Å². The molecule has 0 aliphatic carbocycles. The molecule has 0 unspecified atom stereocenters. The molecule has 1 aromatic heterocycles. The molecule has 1 rings (SSSR count). The molecule has 3 N–H and O–H groups in total. The molecule has 1 heterocycles. The van der Waals surface area contributed by atoms with Crippen molar-refractivity contribution in [3.8, 4) is 0 Å². The first kappa shape index (κ1) is 14.1. The van der Waals surface area contributed by atoms with Crippen molar-refractivity contribution in [2.24, 2.45) is 0 Å². The van der Waals surface area contributed by atoms with Gasteiger partial charge in [0.15, 0.2) is 0 Å². The van der Waals surface area contributed by atoms with Crippen LogP contribution in [0.4, 0.5) is 4.79 Å². The molecule has 0 aliphatic rings. The summed E-state index contributed by atoms with van der Waals surface area (Å²) in [6, 6.07) is 2.82. The van der Waals surface area contributed by atoms with E-state index in [2.05, 4.69) is 10.3 Å². The summed E-state index contributed by atoms with van der Waals surface area (Å²) in [6.45, 7) is 5.23. The average Bonchev–Trinajstić information content (AvgIpc) is 2.64. The SMILES string of the molecule is CC(C)(C)OC(=O)N[C@H](CC(=O)O)c1ccc[nH]1. The Balaban J connectivity index is 2.68. The molecular weight excluding hydrogens is 236 g/mol. The Hall–Kier alpha value is -1.98. The monoisotopic (exact) mass is 254 g/mol. The van der Waals surface area contributed by atoms with E-state index in [1.165, 1.54) is 0 Å². The molecule has 0 spiro atoms. The van der Waals surface area contributed by atoms with Crippen molar-refractivity contribution in [2.75, 3.05) is 0 Å². The molecule has 0 radical (unpaired) electrons. The number of aromatic amines is 1. The van der Waals surface area contributed by atoms with E-state index in [0.29, 0.717) is 5.69 Å². The van der Waals surface area contributed by atoms with Crippen LogP contribution >= 0.6 is 0 Å². The molecule has 0 saturated carbocycles. The van der Waals surface area contributed by atoms with Gasteiger partial charge in [-0.1, -0.05) is 0 Å². The first-order valence-corrected chi connectivity index (χ1v) is 5.62. The zero-order valence-electron chi connectivity index (χ0n) is 10.7. The number of amides is 1. The third kappa shape index (κ3) is 4.90. The highest BCUT2D eigenvalue weighted by molar-refractivity contribution is 5.72. The maximum Gasteiger partial charge on any atom is 0.408 e. The predicted molar refractivity (Wildman–Crippen MR) is 65.2 cm³/mol. The van der Waals surface area contributed by atoms with E-state index < -0.39 is 23.7 Å². The second-order valence-electron chi connectivity index (χ2n) is 4.92. The summed E-state index contributed by atoms with van der Waals surface area (Å²) in [6.07, 6.45) is 0.823. The highest BCUT2D eigenvalue weighted by Crippen LogP contribution is 2.16. The number of carbonyl (C=O) groups is 2. The number of H-pyrrole nitrogens is 1. The number of carboxylic acids is 1. The van der Waals surface area contributed by atoms with Crippen molar-refractivity contribution in [2.45, 2.75) is 38.8 Å². The number of carboxylic acid groups (broad SMARTS) is 1. The number of aliphatic carboxylic acids is 1. The molecular formula is C12H18N2O4. The molecule has 0 fully saturated rings. The Kier molecular flexibility index (Phi) is 4.36. The molecule has 6 heteroatoms. The van der Waals surface area contributed by atoms with Gasteiger partial charge in [-0.05, 0) is 32.9 Å². The van der Waals surface area contributed by atoms with Crippen molar-refractivity contribution in [3.05, 3.63) is 24.0 Å². The van der Waals surface area contributed by atoms with Gasteiger partial charge in [0.25, 0.3) is 0 Å². The Morgan fingerprint density at radius 1 is 1.50 bits per heavy atom. The van der Waals surface area contributed by atoms with E-state index >= 15 is 0 Å². The van der Waals surface area contributed by atoms with Crippen LogP contribution in [0.25, 0.3) is 0 Å². The quantitative estimate of drug-likeness (QED) is 0.766. The standard InChI is InChI=1S/C12H18N2O4/c1-12(2,3)18-11(17)14-9(7-10(15)16)8-5-4-6-13-8/h4-6,9,13H,7H2,1-3H3,(H,14,17)(H,15,16)/t9-/m1/s1. The van der Waals surface area contributed by atoms with Gasteiger partial charge in [0, 0.05) is 11.9 Å². The van der Waals surface area contributed by atoms with Crippen LogP contribution in [0, 0.1) is 0 Å². The molecule has 1 amide bonds. The summed E-state index contributed by atoms with van der Waals surface area (Å²) in [5, 5.41) is 11.4. The van der Waals surface area contributed by atoms with E-state index in [-0.39, 0.29) is 6.42 Å². The average molecular weight is 254 g/mol. The highest BCUT2D eigenvalue weighted by Gasteiger charge is 2.22. The van der Waals surface area contributed by atoms with Crippen LogP contribution < -0.4 is 5.32 Å². The van der Waals surface area contributed by atoms with Crippen molar-refractivity contribution >= 4 is 12.1 Å². The Morgan fingerprint density at radius 2 is 2.17 bits per heavy atom. The van der Waals surface area contributed by atoms with Crippen LogP contribution in [-0.2, 0) is 9.53 Å². The fourth-order valence-corrected chi connectivity index (χ4v) is 1.42. The molecule has 18 heavy (non-hydrogen) atoms. The maximum atomic E-state index is 11.6. The number of aromatic nitrogens is 1. The molecule has 100 valence electrons. The number of hydrogen-bond donors (Lipinski definition) is 3. The second kappa shape index (κ2) is 5.57. The van der Waals surface area contributed by atoms with E-state index in [0.717, 1.165) is 0 Å². The molecule has 6 nitrogen and oxygen atoms in total. The van der Waals surface area contributed by atoms with Gasteiger partial charge in [-0.3, -0.25) is 4.79 Å². The number of carbonyl (C=O) groups excluding carboxylic acids is 1. The minimum Gasteiger partial charge on any atom is -0.481 e. The largest absolute Gasteiger partial charge is 0.481 e. The number of rotatable bonds is 4. The number of ether oxygens (including phenoxy) is 1. The van der Waals surface area contributed by atoms with Crippen LogP contribution in [0.15, 0.2) is 18.3 Å². The lowest BCUT2D eigenvalue weighted by Crippen LogP contribution is -2.35. The Bertz CT molecular complexity index is 406. The molecule has 0 saturated heterocycles. The predicted octanol–water partition coefficient (Wildman–Crippen LogP) is 2.06. The third-order valence-corrected chi connectivity index (χ3v) is 2.07. The summed E-state index contributed by atoms with van der Waals surface area (Å²) in [5.74, 6) is -0.995. The van der Waals surface area contributed by atoms with Crippen LogP contribution in [0.1, 0.15) is 38.9 Å². The van der Waals surface area contributed by atoms with Gasteiger partial charge < -0.3 is 20.1 Å². The van der Waals surface area contributed by atoms with Crippen LogP contribution in [0.2, 0.25) is 0 Å². The minimum atomic E-state index is -0.995. The topological polar surface area (TPSA) is 91.4 Å². The van der Waals surface area contributed by atoms with Crippen molar-refractivity contribution in [1.29, 1.82) is 0 Å². The van der Waals surface area contributed by atoms with Gasteiger partial charge in [-0.15, -0.1) is 0 Å². The van der Waals surface area contributed by atoms with Gasteiger partial charge >= 0.3 is 12.1 Å². The number of nitrogens with one attached hydrogen (secondary N) is 2. The molecule has 0 aliphatic heterocycles. The van der Waals surface area contributed by atoms with Crippen molar-refractivity contribution < 1.29 is 19.4 Å². The first-order valence-electron chi connectivity index (χ1n) is 5.62. The zero-order valence-corrected chi connectivity index (χ0v) is 10.7. The van der Waals surface area contributed by atoms with E-state index in [9.17, 15) is 9.59 Å². The lowest BCUT2D eigenvalue weighted by atomic mass is 10.1. The van der Waals surface area contributed by atoms with Crippen LogP contribution in [-0.4, -0.2) is 27.8 Å². The maximum absolute atomic E-state index is 11.6. The van der Waals surface area contributed by atoms with Crippen molar-refractivity contribution in [1.82, 2.24) is 10.3 Å². The Labute approximate surface area is 105 Å². The highest BCUT2D eigenvalue weighted by atomic mass is 16.6. The fraction of sp³-hybridized carbons (Fsp3) is 0.500. The molecule has 0 aromatic carbocycles. The fourth-order valence-electron chi connectivity index (χ4n) is 1.42. The van der Waals surface area contributed by atoms with E-state index in [4.69, 9.17) is 9.84 Å². The summed E-state index contributed by atoms with van der Waals surface area (Å²) in [4.78, 5) is 25.2. The Morgan fingerprint density at radius 3 is 2.61 bits per heavy atom. The summed E-state index contributed by atoms with van der Waals surface area (Å²) >= 11 is 0. The van der Waals surface area contributed by atoms with Crippen LogP contribution in [0.5, 0.6) is 0 Å². The number of alkyl carbamates (subject to hydrolysis) is 1. The lowest BCUT2D eigenvalue weighted by molar-refractivity contribution is -0.137. The zero-order chi connectivity index (χ0) is 13.8. The lowest BCUT2D eigenvalue weighted by Gasteiger charge is -2.22.